The predicted octanol–water partition coefficient (Wildman–Crippen LogP) is 1.69. The van der Waals surface area contributed by atoms with E-state index in [1.54, 1.807) is 0 Å². The highest BCUT2D eigenvalue weighted by Crippen LogP contribution is 2.23. The van der Waals surface area contributed by atoms with Crippen molar-refractivity contribution in [1.29, 1.82) is 0 Å². The summed E-state index contributed by atoms with van der Waals surface area (Å²) in [6.45, 7) is 7.93. The van der Waals surface area contributed by atoms with Crippen molar-refractivity contribution < 1.29 is 14.1 Å². The van der Waals surface area contributed by atoms with E-state index in [2.05, 4.69) is 25.6 Å². The number of rotatable bonds is 6. The lowest BCUT2D eigenvalue weighted by atomic mass is 10.0. The smallest absolute Gasteiger partial charge is 0.321 e. The van der Waals surface area contributed by atoms with E-state index in [0.29, 0.717) is 13.1 Å². The fourth-order valence-electron chi connectivity index (χ4n) is 3.44. The molecule has 1 fully saturated rings. The molecule has 150 valence electrons. The zero-order valence-corrected chi connectivity index (χ0v) is 16.4. The second-order valence-electron chi connectivity index (χ2n) is 6.91. The molecule has 1 aliphatic rings. The summed E-state index contributed by atoms with van der Waals surface area (Å²) in [4.78, 5) is 29.1. The zero-order chi connectivity index (χ0) is 19.9. The summed E-state index contributed by atoms with van der Waals surface area (Å²) in [5.74, 6) is 0.538. The van der Waals surface area contributed by atoms with Crippen molar-refractivity contribution in [3.63, 3.8) is 0 Å². The van der Waals surface area contributed by atoms with Crippen LogP contribution in [0.15, 0.2) is 40.9 Å². The molecule has 0 bridgehead atoms. The minimum atomic E-state index is -0.501. The molecule has 0 saturated carbocycles. The van der Waals surface area contributed by atoms with E-state index in [1.807, 2.05) is 50.2 Å². The van der Waals surface area contributed by atoms with Crippen molar-refractivity contribution in [2.24, 2.45) is 0 Å². The fourth-order valence-corrected chi connectivity index (χ4v) is 3.44. The first-order chi connectivity index (χ1) is 13.6. The monoisotopic (exact) mass is 385 g/mol. The van der Waals surface area contributed by atoms with Crippen molar-refractivity contribution in [1.82, 2.24) is 25.6 Å². The largest absolute Gasteiger partial charge is 0.360 e. The Morgan fingerprint density at radius 1 is 1.18 bits per heavy atom. The second kappa shape index (κ2) is 9.48. The Labute approximate surface area is 164 Å². The minimum absolute atomic E-state index is 0.309. The minimum Gasteiger partial charge on any atom is -0.360 e. The Balaban J connectivity index is 1.66. The first-order valence-electron chi connectivity index (χ1n) is 9.59. The lowest BCUT2D eigenvalue weighted by molar-refractivity contribution is -0.126. The van der Waals surface area contributed by atoms with Crippen LogP contribution >= 0.6 is 0 Å². The average Bonchev–Trinajstić information content (AvgIpc) is 3.09. The normalized spacial score (nSPS) is 16.5. The van der Waals surface area contributed by atoms with Crippen molar-refractivity contribution in [3.05, 3.63) is 53.4 Å². The van der Waals surface area contributed by atoms with Gasteiger partial charge in [0, 0.05) is 38.8 Å². The average molecular weight is 385 g/mol. The quantitative estimate of drug-likeness (QED) is 0.786. The molecule has 0 aliphatic carbocycles. The number of aryl methyl sites for hydroxylation is 1. The van der Waals surface area contributed by atoms with Crippen molar-refractivity contribution in [2.45, 2.75) is 26.4 Å². The van der Waals surface area contributed by atoms with Crippen LogP contribution in [0.3, 0.4) is 0 Å². The number of benzene rings is 1. The van der Waals surface area contributed by atoms with Crippen molar-refractivity contribution in [3.8, 4) is 0 Å². The Kier molecular flexibility index (Phi) is 6.78. The third-order valence-electron chi connectivity index (χ3n) is 4.77. The maximum atomic E-state index is 12.9. The van der Waals surface area contributed by atoms with Gasteiger partial charge in [0.05, 0.1) is 12.2 Å². The highest BCUT2D eigenvalue weighted by molar-refractivity contribution is 5.97. The first-order valence-corrected chi connectivity index (χ1v) is 9.59. The number of imide groups is 1. The number of urea groups is 1. The molecule has 3 rings (SSSR count). The molecule has 2 N–H and O–H groups in total. The van der Waals surface area contributed by atoms with Crippen LogP contribution in [0.1, 0.15) is 30.0 Å². The molecule has 3 amide bonds. The highest BCUT2D eigenvalue weighted by atomic mass is 16.5. The molecule has 8 heteroatoms. The van der Waals surface area contributed by atoms with Gasteiger partial charge in [-0.2, -0.15) is 0 Å². The number of piperazine rings is 1. The summed E-state index contributed by atoms with van der Waals surface area (Å²) in [7, 11) is 0. The molecule has 1 aliphatic heterocycles. The van der Waals surface area contributed by atoms with E-state index in [9.17, 15) is 9.59 Å². The molecule has 28 heavy (non-hydrogen) atoms. The van der Waals surface area contributed by atoms with Gasteiger partial charge < -0.3 is 9.84 Å². The number of carbonyl (C=O) groups is 2. The molecule has 1 aromatic carbocycles. The highest BCUT2D eigenvalue weighted by Gasteiger charge is 2.31. The maximum Gasteiger partial charge on any atom is 0.321 e. The van der Waals surface area contributed by atoms with Crippen LogP contribution in [0.4, 0.5) is 4.79 Å². The Bertz CT molecular complexity index is 784. The third kappa shape index (κ3) is 5.17. The van der Waals surface area contributed by atoms with Gasteiger partial charge in [0.15, 0.2) is 5.76 Å². The zero-order valence-electron chi connectivity index (χ0n) is 16.4. The van der Waals surface area contributed by atoms with Crippen LogP contribution in [0, 0.1) is 6.92 Å². The summed E-state index contributed by atoms with van der Waals surface area (Å²) < 4.78 is 5.30. The van der Waals surface area contributed by atoms with Crippen molar-refractivity contribution in [2.75, 3.05) is 32.7 Å². The number of hydrogen-bond acceptors (Lipinski definition) is 6. The molecular formula is C20H27N5O3. The Hall–Kier alpha value is -2.71. The van der Waals surface area contributed by atoms with Crippen LogP contribution < -0.4 is 10.6 Å². The summed E-state index contributed by atoms with van der Waals surface area (Å²) >= 11 is 0. The van der Waals surface area contributed by atoms with E-state index in [4.69, 9.17) is 4.52 Å². The maximum absolute atomic E-state index is 12.9. The molecule has 1 aromatic heterocycles. The number of hydrogen-bond donors (Lipinski definition) is 2. The number of nitrogens with zero attached hydrogens (tertiary/aromatic N) is 3. The second-order valence-corrected chi connectivity index (χ2v) is 6.91. The summed E-state index contributed by atoms with van der Waals surface area (Å²) in [6, 6.07) is 10.6. The van der Waals surface area contributed by atoms with Gasteiger partial charge in [-0.15, -0.1) is 0 Å². The lowest BCUT2D eigenvalue weighted by Crippen LogP contribution is -2.52. The van der Waals surface area contributed by atoms with Gasteiger partial charge in [-0.1, -0.05) is 35.5 Å². The van der Waals surface area contributed by atoms with E-state index in [1.165, 1.54) is 0 Å². The molecule has 2 heterocycles. The summed E-state index contributed by atoms with van der Waals surface area (Å²) in [6.07, 6.45) is 0. The molecule has 1 unspecified atom stereocenters. The summed E-state index contributed by atoms with van der Waals surface area (Å²) in [5.41, 5.74) is 1.75. The molecule has 2 aromatic rings. The van der Waals surface area contributed by atoms with E-state index < -0.39 is 12.1 Å². The lowest BCUT2D eigenvalue weighted by Gasteiger charge is -2.38. The fraction of sp³-hybridized carbons (Fsp3) is 0.450. The van der Waals surface area contributed by atoms with Crippen molar-refractivity contribution >= 4 is 11.9 Å². The van der Waals surface area contributed by atoms with Gasteiger partial charge in [0.25, 0.3) is 0 Å². The number of carbonyl (C=O) groups excluding carboxylic acids is 2. The van der Waals surface area contributed by atoms with Gasteiger partial charge in [-0.25, -0.2) is 4.79 Å². The Morgan fingerprint density at radius 3 is 2.50 bits per heavy atom. The van der Waals surface area contributed by atoms with Gasteiger partial charge in [-0.05, 0) is 19.4 Å². The number of aromatic nitrogens is 1. The van der Waals surface area contributed by atoms with Crippen LogP contribution in [-0.4, -0.2) is 59.6 Å². The summed E-state index contributed by atoms with van der Waals surface area (Å²) in [5, 5.41) is 9.00. The van der Waals surface area contributed by atoms with Gasteiger partial charge in [0.1, 0.15) is 6.04 Å². The predicted molar refractivity (Wildman–Crippen MR) is 104 cm³/mol. The molecule has 1 saturated heterocycles. The van der Waals surface area contributed by atoms with E-state index in [0.717, 1.165) is 43.2 Å². The standard InChI is InChI=1S/C20H27N5O3/c1-3-21-20(27)22-19(26)18(16-7-5-4-6-8-16)25-11-9-24(10-12-25)14-17-13-15(2)23-28-17/h4-8,13,18H,3,9-12,14H2,1-2H3,(H2,21,22,26,27). The molecule has 1 atom stereocenters. The number of amides is 3. The molecule has 0 spiro atoms. The van der Waals surface area contributed by atoms with Crippen LogP contribution in [0.2, 0.25) is 0 Å². The van der Waals surface area contributed by atoms with Crippen LogP contribution in [0.25, 0.3) is 0 Å². The molecule has 0 radical (unpaired) electrons. The molecular weight excluding hydrogens is 358 g/mol. The van der Waals surface area contributed by atoms with E-state index >= 15 is 0 Å². The van der Waals surface area contributed by atoms with Gasteiger partial charge >= 0.3 is 6.03 Å². The Morgan fingerprint density at radius 2 is 1.89 bits per heavy atom. The third-order valence-corrected chi connectivity index (χ3v) is 4.77. The van der Waals surface area contributed by atoms with Crippen LogP contribution in [-0.2, 0) is 11.3 Å². The molecule has 8 nitrogen and oxygen atoms in total. The van der Waals surface area contributed by atoms with Crippen LogP contribution in [0.5, 0.6) is 0 Å². The topological polar surface area (TPSA) is 90.7 Å². The van der Waals surface area contributed by atoms with Gasteiger partial charge in [0.2, 0.25) is 5.91 Å². The van der Waals surface area contributed by atoms with Gasteiger partial charge in [-0.3, -0.25) is 19.9 Å². The SMILES string of the molecule is CCNC(=O)NC(=O)C(c1ccccc1)N1CCN(Cc2cc(C)no2)CC1. The number of nitrogens with one attached hydrogen (secondary N) is 2. The van der Waals surface area contributed by atoms with E-state index in [-0.39, 0.29) is 5.91 Å². The first kappa shape index (κ1) is 20.0.